The summed E-state index contributed by atoms with van der Waals surface area (Å²) in [6.45, 7) is 2.08. The summed E-state index contributed by atoms with van der Waals surface area (Å²) >= 11 is 0. The molecular weight excluding hydrogens is 262 g/mol. The maximum absolute atomic E-state index is 11.1. The first-order valence-electron chi connectivity index (χ1n) is 6.00. The molecule has 102 valence electrons. The van der Waals surface area contributed by atoms with Gasteiger partial charge in [-0.1, -0.05) is 24.3 Å². The van der Waals surface area contributed by atoms with E-state index in [0.717, 1.165) is 24.8 Å². The summed E-state index contributed by atoms with van der Waals surface area (Å²) in [6, 6.07) is 9.94. The second kappa shape index (κ2) is 5.44. The monoisotopic (exact) mass is 279 g/mol. The van der Waals surface area contributed by atoms with Gasteiger partial charge in [0.25, 0.3) is 0 Å². The van der Waals surface area contributed by atoms with E-state index in [1.165, 1.54) is 11.1 Å². The van der Waals surface area contributed by atoms with Gasteiger partial charge in [-0.3, -0.25) is 9.82 Å². The lowest BCUT2D eigenvalue weighted by Crippen LogP contribution is -2.09. The highest BCUT2D eigenvalue weighted by atomic mass is 32.2. The molecule has 1 heterocycles. The molecule has 1 aromatic carbocycles. The Morgan fingerprint density at radius 1 is 1.26 bits per heavy atom. The number of sulfonamides is 1. The maximum Gasteiger partial charge on any atom is 0.231 e. The molecule has 0 atom stereocenters. The van der Waals surface area contributed by atoms with E-state index in [-0.39, 0.29) is 0 Å². The molecule has 0 spiro atoms. The van der Waals surface area contributed by atoms with Gasteiger partial charge in [0.2, 0.25) is 10.0 Å². The van der Waals surface area contributed by atoms with Crippen LogP contribution in [0.3, 0.4) is 0 Å². The zero-order valence-electron chi connectivity index (χ0n) is 11.0. The molecule has 0 amide bonds. The van der Waals surface area contributed by atoms with Crippen LogP contribution in [-0.4, -0.2) is 24.9 Å². The van der Waals surface area contributed by atoms with Crippen LogP contribution in [0.2, 0.25) is 0 Å². The molecule has 0 unspecified atom stereocenters. The highest BCUT2D eigenvalue weighted by Gasteiger charge is 2.06. The molecule has 0 radical (unpaired) electrons. The van der Waals surface area contributed by atoms with Gasteiger partial charge < -0.3 is 0 Å². The molecule has 0 fully saturated rings. The van der Waals surface area contributed by atoms with Gasteiger partial charge in [0.15, 0.2) is 5.82 Å². The number of aromatic nitrogens is 2. The van der Waals surface area contributed by atoms with E-state index in [1.54, 1.807) is 6.07 Å². The van der Waals surface area contributed by atoms with E-state index in [4.69, 9.17) is 0 Å². The highest BCUT2D eigenvalue weighted by molar-refractivity contribution is 7.92. The summed E-state index contributed by atoms with van der Waals surface area (Å²) in [6.07, 6.45) is 2.80. The predicted octanol–water partition coefficient (Wildman–Crippen LogP) is 1.87. The van der Waals surface area contributed by atoms with Gasteiger partial charge in [-0.2, -0.15) is 5.10 Å². The van der Waals surface area contributed by atoms with E-state index in [1.807, 2.05) is 12.1 Å². The Kier molecular flexibility index (Phi) is 3.90. The Balaban J connectivity index is 1.99. The first-order chi connectivity index (χ1) is 8.94. The predicted molar refractivity (Wildman–Crippen MR) is 75.6 cm³/mol. The number of hydrogen-bond acceptors (Lipinski definition) is 3. The van der Waals surface area contributed by atoms with E-state index in [2.05, 4.69) is 34.0 Å². The molecular formula is C13H17N3O2S. The molecule has 0 aliphatic rings. The van der Waals surface area contributed by atoms with E-state index < -0.39 is 10.0 Å². The lowest BCUT2D eigenvalue weighted by Gasteiger charge is -2.03. The van der Waals surface area contributed by atoms with Crippen molar-refractivity contribution in [3.05, 3.63) is 47.2 Å². The Hall–Kier alpha value is -1.82. The van der Waals surface area contributed by atoms with Crippen molar-refractivity contribution in [2.75, 3.05) is 11.0 Å². The average Bonchev–Trinajstić information content (AvgIpc) is 2.73. The number of hydrogen-bond donors (Lipinski definition) is 2. The third-order valence-electron chi connectivity index (χ3n) is 2.85. The number of rotatable bonds is 5. The largest absolute Gasteiger partial charge is 0.280 e. The van der Waals surface area contributed by atoms with Crippen LogP contribution in [0, 0.1) is 6.92 Å². The number of anilines is 1. The molecule has 2 rings (SSSR count). The molecule has 19 heavy (non-hydrogen) atoms. The van der Waals surface area contributed by atoms with Crippen molar-refractivity contribution < 1.29 is 8.42 Å². The molecule has 6 heteroatoms. The van der Waals surface area contributed by atoms with Gasteiger partial charge in [-0.25, -0.2) is 8.42 Å². The van der Waals surface area contributed by atoms with Gasteiger partial charge in [0.1, 0.15) is 0 Å². The molecule has 2 aromatic rings. The standard InChI is InChI=1S/C13H17N3O2S/c1-10-5-3-4-6-11(10)7-8-12-9-13(15-14-12)16-19(2,17)18/h3-6,9H,7-8H2,1-2H3,(H2,14,15,16). The maximum atomic E-state index is 11.1. The van der Waals surface area contributed by atoms with Crippen LogP contribution in [0.5, 0.6) is 0 Å². The molecule has 0 aliphatic heterocycles. The molecule has 0 saturated carbocycles. The summed E-state index contributed by atoms with van der Waals surface area (Å²) in [4.78, 5) is 0. The zero-order chi connectivity index (χ0) is 13.9. The van der Waals surface area contributed by atoms with Crippen molar-refractivity contribution in [2.24, 2.45) is 0 Å². The smallest absolute Gasteiger partial charge is 0.231 e. The second-order valence-electron chi connectivity index (χ2n) is 4.58. The van der Waals surface area contributed by atoms with Crippen molar-refractivity contribution in [1.82, 2.24) is 10.2 Å². The number of aromatic amines is 1. The minimum Gasteiger partial charge on any atom is -0.280 e. The fourth-order valence-electron chi connectivity index (χ4n) is 1.89. The van der Waals surface area contributed by atoms with Crippen molar-refractivity contribution in [2.45, 2.75) is 19.8 Å². The number of aryl methyl sites for hydroxylation is 3. The van der Waals surface area contributed by atoms with Crippen LogP contribution in [0.4, 0.5) is 5.82 Å². The van der Waals surface area contributed by atoms with Crippen LogP contribution in [0.1, 0.15) is 16.8 Å². The van der Waals surface area contributed by atoms with Crippen LogP contribution >= 0.6 is 0 Å². The molecule has 0 bridgehead atoms. The second-order valence-corrected chi connectivity index (χ2v) is 6.33. The Labute approximate surface area is 113 Å². The normalized spacial score (nSPS) is 11.5. The van der Waals surface area contributed by atoms with E-state index in [0.29, 0.717) is 5.82 Å². The van der Waals surface area contributed by atoms with Gasteiger partial charge in [0.05, 0.1) is 6.26 Å². The summed E-state index contributed by atoms with van der Waals surface area (Å²) < 4.78 is 24.5. The minimum atomic E-state index is -3.27. The molecule has 1 aromatic heterocycles. The third kappa shape index (κ3) is 4.10. The Bertz CT molecular complexity index is 662. The molecule has 2 N–H and O–H groups in total. The first-order valence-corrected chi connectivity index (χ1v) is 7.90. The average molecular weight is 279 g/mol. The van der Waals surface area contributed by atoms with Gasteiger partial charge >= 0.3 is 0 Å². The van der Waals surface area contributed by atoms with Gasteiger partial charge in [0, 0.05) is 11.8 Å². The Morgan fingerprint density at radius 2 is 2.00 bits per heavy atom. The van der Waals surface area contributed by atoms with Crippen LogP contribution in [-0.2, 0) is 22.9 Å². The number of nitrogens with zero attached hydrogens (tertiary/aromatic N) is 1. The number of benzene rings is 1. The SMILES string of the molecule is Cc1ccccc1CCc1cc(NS(C)(=O)=O)n[nH]1. The van der Waals surface area contributed by atoms with Crippen molar-refractivity contribution in [1.29, 1.82) is 0 Å². The highest BCUT2D eigenvalue weighted by Crippen LogP contribution is 2.13. The van der Waals surface area contributed by atoms with Crippen molar-refractivity contribution in [3.8, 4) is 0 Å². The fraction of sp³-hybridized carbons (Fsp3) is 0.308. The number of nitrogens with one attached hydrogen (secondary N) is 2. The Morgan fingerprint density at radius 3 is 2.68 bits per heavy atom. The topological polar surface area (TPSA) is 74.8 Å². The third-order valence-corrected chi connectivity index (χ3v) is 3.43. The molecule has 0 saturated heterocycles. The quantitative estimate of drug-likeness (QED) is 0.877. The van der Waals surface area contributed by atoms with Crippen LogP contribution < -0.4 is 4.72 Å². The zero-order valence-corrected chi connectivity index (χ0v) is 11.8. The fourth-order valence-corrected chi connectivity index (χ4v) is 2.38. The van der Waals surface area contributed by atoms with Crippen molar-refractivity contribution in [3.63, 3.8) is 0 Å². The summed E-state index contributed by atoms with van der Waals surface area (Å²) in [7, 11) is -3.27. The van der Waals surface area contributed by atoms with Gasteiger partial charge in [-0.15, -0.1) is 0 Å². The number of H-pyrrole nitrogens is 1. The summed E-state index contributed by atoms with van der Waals surface area (Å²) in [5.74, 6) is 0.335. The van der Waals surface area contributed by atoms with E-state index >= 15 is 0 Å². The lowest BCUT2D eigenvalue weighted by molar-refractivity contribution is 0.606. The molecule has 0 aliphatic carbocycles. The van der Waals surface area contributed by atoms with E-state index in [9.17, 15) is 8.42 Å². The lowest BCUT2D eigenvalue weighted by atomic mass is 10.0. The van der Waals surface area contributed by atoms with Gasteiger partial charge in [-0.05, 0) is 30.9 Å². The minimum absolute atomic E-state index is 0.335. The molecule has 5 nitrogen and oxygen atoms in total. The van der Waals surface area contributed by atoms with Crippen molar-refractivity contribution >= 4 is 15.8 Å². The summed E-state index contributed by atoms with van der Waals surface area (Å²) in [5, 5.41) is 6.76. The summed E-state index contributed by atoms with van der Waals surface area (Å²) in [5.41, 5.74) is 3.46. The first kappa shape index (κ1) is 13.6. The van der Waals surface area contributed by atoms with Crippen LogP contribution in [0.25, 0.3) is 0 Å². The van der Waals surface area contributed by atoms with Crippen LogP contribution in [0.15, 0.2) is 30.3 Å².